The average molecular weight is 294 g/mol. The van der Waals surface area contributed by atoms with Gasteiger partial charge in [-0.2, -0.15) is 0 Å². The minimum absolute atomic E-state index is 0.0819. The smallest absolute Gasteiger partial charge is 0.408 e. The molecule has 0 aromatic heterocycles. The molecule has 1 aromatic rings. The molecule has 0 aliphatic carbocycles. The van der Waals surface area contributed by atoms with E-state index in [0.717, 1.165) is 5.56 Å². The molecular formula is C15H22N2O4. The molecule has 6 heteroatoms. The molecule has 116 valence electrons. The van der Waals surface area contributed by atoms with E-state index in [9.17, 15) is 14.7 Å². The summed E-state index contributed by atoms with van der Waals surface area (Å²) >= 11 is 0. The van der Waals surface area contributed by atoms with Gasteiger partial charge < -0.3 is 20.9 Å². The number of benzene rings is 1. The van der Waals surface area contributed by atoms with Crippen molar-refractivity contribution in [2.45, 2.75) is 44.9 Å². The molecule has 1 aromatic carbocycles. The minimum atomic E-state index is -1.15. The Balaban J connectivity index is 2.66. The van der Waals surface area contributed by atoms with E-state index in [4.69, 9.17) is 10.5 Å². The molecular weight excluding hydrogens is 272 g/mol. The monoisotopic (exact) mass is 294 g/mol. The molecule has 0 radical (unpaired) electrons. The van der Waals surface area contributed by atoms with Gasteiger partial charge in [-0.25, -0.2) is 9.59 Å². The Morgan fingerprint density at radius 3 is 2.33 bits per heavy atom. The van der Waals surface area contributed by atoms with Crippen molar-refractivity contribution in [3.63, 3.8) is 0 Å². The van der Waals surface area contributed by atoms with Crippen molar-refractivity contribution in [2.24, 2.45) is 5.73 Å². The van der Waals surface area contributed by atoms with Crippen molar-refractivity contribution in [3.8, 4) is 0 Å². The maximum absolute atomic E-state index is 11.7. The number of rotatable bonds is 5. The molecule has 2 atom stereocenters. The van der Waals surface area contributed by atoms with Crippen LogP contribution in [0.1, 0.15) is 38.8 Å². The number of hydrogen-bond acceptors (Lipinski definition) is 4. The van der Waals surface area contributed by atoms with E-state index in [2.05, 4.69) is 5.32 Å². The number of aliphatic carboxylic acids is 1. The van der Waals surface area contributed by atoms with E-state index in [0.29, 0.717) is 0 Å². The highest BCUT2D eigenvalue weighted by atomic mass is 16.6. The largest absolute Gasteiger partial charge is 0.480 e. The Bertz CT molecular complexity index is 482. The lowest BCUT2D eigenvalue weighted by Gasteiger charge is -2.23. The molecule has 0 aliphatic rings. The third-order valence-corrected chi connectivity index (χ3v) is 2.71. The van der Waals surface area contributed by atoms with Crippen LogP contribution < -0.4 is 11.1 Å². The number of amides is 1. The maximum Gasteiger partial charge on any atom is 0.408 e. The molecule has 0 fully saturated rings. The van der Waals surface area contributed by atoms with Crippen LogP contribution in [0.2, 0.25) is 0 Å². The van der Waals surface area contributed by atoms with Crippen LogP contribution in [0.3, 0.4) is 0 Å². The van der Waals surface area contributed by atoms with E-state index in [-0.39, 0.29) is 6.42 Å². The molecule has 0 aliphatic heterocycles. The number of alkyl carbamates (subject to hydrolysis) is 1. The van der Waals surface area contributed by atoms with Gasteiger partial charge in [-0.1, -0.05) is 30.3 Å². The van der Waals surface area contributed by atoms with Gasteiger partial charge in [0.05, 0.1) is 0 Å². The fraction of sp³-hybridized carbons (Fsp3) is 0.467. The Labute approximate surface area is 124 Å². The molecule has 0 spiro atoms. The molecule has 0 unspecified atom stereocenters. The summed E-state index contributed by atoms with van der Waals surface area (Å²) in [4.78, 5) is 22.9. The van der Waals surface area contributed by atoms with Gasteiger partial charge in [-0.3, -0.25) is 0 Å². The first-order valence-electron chi connectivity index (χ1n) is 6.72. The predicted molar refractivity (Wildman–Crippen MR) is 78.8 cm³/mol. The molecule has 6 nitrogen and oxygen atoms in total. The fourth-order valence-electron chi connectivity index (χ4n) is 1.76. The maximum atomic E-state index is 11.7. The lowest BCUT2D eigenvalue weighted by atomic mass is 10.0. The molecule has 0 heterocycles. The van der Waals surface area contributed by atoms with Crippen molar-refractivity contribution < 1.29 is 19.4 Å². The van der Waals surface area contributed by atoms with Crippen molar-refractivity contribution in [2.75, 3.05) is 0 Å². The highest BCUT2D eigenvalue weighted by Crippen LogP contribution is 2.16. The Kier molecular flexibility index (Phi) is 5.72. The van der Waals surface area contributed by atoms with E-state index < -0.39 is 29.7 Å². The molecule has 21 heavy (non-hydrogen) atoms. The zero-order valence-corrected chi connectivity index (χ0v) is 12.5. The summed E-state index contributed by atoms with van der Waals surface area (Å²) in [6, 6.07) is 7.55. The van der Waals surface area contributed by atoms with Crippen LogP contribution in [-0.2, 0) is 9.53 Å². The summed E-state index contributed by atoms with van der Waals surface area (Å²) in [5.74, 6) is -1.15. The van der Waals surface area contributed by atoms with E-state index in [1.54, 1.807) is 20.8 Å². The van der Waals surface area contributed by atoms with E-state index >= 15 is 0 Å². The fourth-order valence-corrected chi connectivity index (χ4v) is 1.76. The van der Waals surface area contributed by atoms with Gasteiger partial charge in [0.1, 0.15) is 11.6 Å². The third-order valence-electron chi connectivity index (χ3n) is 2.71. The topological polar surface area (TPSA) is 102 Å². The zero-order valence-electron chi connectivity index (χ0n) is 12.5. The van der Waals surface area contributed by atoms with Gasteiger partial charge >= 0.3 is 12.1 Å². The Morgan fingerprint density at radius 2 is 1.86 bits per heavy atom. The summed E-state index contributed by atoms with van der Waals surface area (Å²) in [5, 5.41) is 11.5. The highest BCUT2D eigenvalue weighted by Gasteiger charge is 2.26. The lowest BCUT2D eigenvalue weighted by molar-refractivity contribution is -0.139. The number of carbonyl (C=O) groups is 2. The summed E-state index contributed by atoms with van der Waals surface area (Å²) in [5.41, 5.74) is 6.11. The van der Waals surface area contributed by atoms with Crippen molar-refractivity contribution >= 4 is 12.1 Å². The second kappa shape index (κ2) is 7.08. The van der Waals surface area contributed by atoms with Crippen LogP contribution in [-0.4, -0.2) is 28.8 Å². The summed E-state index contributed by atoms with van der Waals surface area (Å²) in [6.45, 7) is 5.12. The first-order valence-corrected chi connectivity index (χ1v) is 6.72. The standard InChI is InChI=1S/C15H22N2O4/c1-15(2,3)21-14(20)17-12(13(18)19)9-11(16)10-7-5-4-6-8-10/h4-8,11-12H,9,16H2,1-3H3,(H,17,20)(H,18,19)/t11-,12-/m0/s1. The van der Waals surface area contributed by atoms with Gasteiger partial charge in [0, 0.05) is 6.04 Å². The van der Waals surface area contributed by atoms with Crippen LogP contribution >= 0.6 is 0 Å². The van der Waals surface area contributed by atoms with Crippen LogP contribution in [0, 0.1) is 0 Å². The SMILES string of the molecule is CC(C)(C)OC(=O)N[C@@H](C[C@H](N)c1ccccc1)C(=O)O. The lowest BCUT2D eigenvalue weighted by Crippen LogP contribution is -2.44. The van der Waals surface area contributed by atoms with Crippen LogP contribution in [0.25, 0.3) is 0 Å². The van der Waals surface area contributed by atoms with Crippen molar-refractivity contribution in [1.29, 1.82) is 0 Å². The summed E-state index contributed by atoms with van der Waals surface area (Å²) in [7, 11) is 0. The Hall–Kier alpha value is -2.08. The molecule has 0 saturated carbocycles. The number of carboxylic acids is 1. The van der Waals surface area contributed by atoms with Crippen molar-refractivity contribution in [3.05, 3.63) is 35.9 Å². The quantitative estimate of drug-likeness (QED) is 0.771. The number of carbonyl (C=O) groups excluding carboxylic acids is 1. The van der Waals surface area contributed by atoms with Gasteiger partial charge in [-0.05, 0) is 32.8 Å². The van der Waals surface area contributed by atoms with E-state index in [1.165, 1.54) is 0 Å². The number of carboxylic acid groups (broad SMARTS) is 1. The van der Waals surface area contributed by atoms with Crippen LogP contribution in [0.4, 0.5) is 4.79 Å². The second-order valence-electron chi connectivity index (χ2n) is 5.79. The summed E-state index contributed by atoms with van der Waals surface area (Å²) < 4.78 is 5.05. The summed E-state index contributed by atoms with van der Waals surface area (Å²) in [6.07, 6.45) is -0.686. The van der Waals surface area contributed by atoms with Gasteiger partial charge in [0.15, 0.2) is 0 Å². The third kappa shape index (κ3) is 6.27. The minimum Gasteiger partial charge on any atom is -0.480 e. The molecule has 4 N–H and O–H groups in total. The Morgan fingerprint density at radius 1 is 1.29 bits per heavy atom. The number of hydrogen-bond donors (Lipinski definition) is 3. The highest BCUT2D eigenvalue weighted by molar-refractivity contribution is 5.80. The van der Waals surface area contributed by atoms with Crippen LogP contribution in [0.15, 0.2) is 30.3 Å². The number of ether oxygens (including phenoxy) is 1. The normalized spacial score (nSPS) is 14.1. The van der Waals surface area contributed by atoms with Gasteiger partial charge in [0.25, 0.3) is 0 Å². The molecule has 0 saturated heterocycles. The zero-order chi connectivity index (χ0) is 16.0. The van der Waals surface area contributed by atoms with Gasteiger partial charge in [0.2, 0.25) is 0 Å². The first-order chi connectivity index (χ1) is 9.69. The molecule has 0 bridgehead atoms. The van der Waals surface area contributed by atoms with Crippen LogP contribution in [0.5, 0.6) is 0 Å². The van der Waals surface area contributed by atoms with E-state index in [1.807, 2.05) is 30.3 Å². The number of nitrogens with one attached hydrogen (secondary N) is 1. The second-order valence-corrected chi connectivity index (χ2v) is 5.79. The predicted octanol–water partition coefficient (Wildman–Crippen LogP) is 2.05. The van der Waals surface area contributed by atoms with Gasteiger partial charge in [-0.15, -0.1) is 0 Å². The molecule has 1 amide bonds. The molecule has 1 rings (SSSR count). The number of nitrogens with two attached hydrogens (primary N) is 1. The first kappa shape index (κ1) is 17.0. The van der Waals surface area contributed by atoms with Crippen molar-refractivity contribution in [1.82, 2.24) is 5.32 Å². The average Bonchev–Trinajstić information content (AvgIpc) is 2.36.